The molecule has 1 heterocycles. The Morgan fingerprint density at radius 2 is 1.97 bits per heavy atom. The number of aliphatic hydroxyl groups is 1. The number of methoxy groups -OCH3 is 1. The lowest BCUT2D eigenvalue weighted by molar-refractivity contribution is -0.169. The Morgan fingerprint density at radius 3 is 2.73 bits per heavy atom. The van der Waals surface area contributed by atoms with E-state index in [1.54, 1.807) is 7.11 Å². The van der Waals surface area contributed by atoms with Crippen molar-refractivity contribution in [3.63, 3.8) is 0 Å². The van der Waals surface area contributed by atoms with Gasteiger partial charge in [-0.05, 0) is 50.0 Å². The number of likely N-dealkylation sites (tertiary alicyclic amines) is 1. The Labute approximate surface area is 177 Å². The molecule has 3 atom stereocenters. The van der Waals surface area contributed by atoms with Crippen molar-refractivity contribution in [2.75, 3.05) is 20.7 Å². The monoisotopic (exact) mass is 407 g/mol. The van der Waals surface area contributed by atoms with Crippen molar-refractivity contribution >= 4 is 5.78 Å². The van der Waals surface area contributed by atoms with Gasteiger partial charge >= 0.3 is 0 Å². The number of fused-ring (bicyclic) bond motifs is 1. The lowest BCUT2D eigenvalue weighted by atomic mass is 9.49. The molecule has 1 saturated carbocycles. The van der Waals surface area contributed by atoms with Gasteiger partial charge in [0.15, 0.2) is 11.5 Å². The first-order valence-electron chi connectivity index (χ1n) is 10.8. The molecule has 5 heteroatoms. The number of ketones is 1. The molecule has 3 aliphatic rings. The van der Waals surface area contributed by atoms with Crippen LogP contribution in [-0.4, -0.2) is 48.1 Å². The number of benzene rings is 2. The van der Waals surface area contributed by atoms with Gasteiger partial charge in [0.25, 0.3) is 0 Å². The van der Waals surface area contributed by atoms with E-state index < -0.39 is 11.0 Å². The second-order valence-corrected chi connectivity index (χ2v) is 9.08. The van der Waals surface area contributed by atoms with Gasteiger partial charge < -0.3 is 19.5 Å². The number of Topliss-reactive ketones (excluding diaryl/α,β-unsaturated/α-hetero) is 1. The zero-order chi connectivity index (χ0) is 20.9. The summed E-state index contributed by atoms with van der Waals surface area (Å²) in [5.41, 5.74) is 1.71. The second kappa shape index (κ2) is 7.10. The maximum absolute atomic E-state index is 12.6. The predicted molar refractivity (Wildman–Crippen MR) is 114 cm³/mol. The zero-order valence-corrected chi connectivity index (χ0v) is 17.7. The molecule has 2 aliphatic carbocycles. The van der Waals surface area contributed by atoms with E-state index in [4.69, 9.17) is 9.47 Å². The first-order chi connectivity index (χ1) is 14.5. The van der Waals surface area contributed by atoms with Gasteiger partial charge in [-0.3, -0.25) is 4.79 Å². The number of nitrogens with zero attached hydrogens (tertiary/aromatic N) is 1. The number of rotatable bonds is 4. The van der Waals surface area contributed by atoms with Crippen molar-refractivity contribution in [1.29, 1.82) is 0 Å². The van der Waals surface area contributed by atoms with E-state index in [0.29, 0.717) is 37.4 Å². The highest BCUT2D eigenvalue weighted by atomic mass is 16.5. The summed E-state index contributed by atoms with van der Waals surface area (Å²) in [4.78, 5) is 14.9. The van der Waals surface area contributed by atoms with Crippen LogP contribution in [0.4, 0.5) is 0 Å². The fourth-order valence-corrected chi connectivity index (χ4v) is 6.14. The summed E-state index contributed by atoms with van der Waals surface area (Å²) >= 11 is 0. The van der Waals surface area contributed by atoms with E-state index in [-0.39, 0.29) is 11.8 Å². The van der Waals surface area contributed by atoms with Crippen molar-refractivity contribution in [2.45, 2.75) is 55.8 Å². The van der Waals surface area contributed by atoms with Crippen LogP contribution in [0.15, 0.2) is 42.5 Å². The lowest BCUT2D eigenvalue weighted by Gasteiger charge is -2.62. The Morgan fingerprint density at radius 1 is 1.17 bits per heavy atom. The maximum atomic E-state index is 12.6. The maximum Gasteiger partial charge on any atom is 0.164 e. The molecule has 1 aliphatic heterocycles. The predicted octanol–water partition coefficient (Wildman–Crippen LogP) is 3.26. The molecule has 2 aromatic carbocycles. The molecule has 1 saturated heterocycles. The molecule has 158 valence electrons. The lowest BCUT2D eigenvalue weighted by Crippen LogP contribution is -2.72. The number of carbonyl (C=O) groups excluding carboxylic acids is 1. The highest BCUT2D eigenvalue weighted by Crippen LogP contribution is 2.60. The highest BCUT2D eigenvalue weighted by molar-refractivity contribution is 5.83. The molecule has 0 aromatic heterocycles. The van der Waals surface area contributed by atoms with Crippen LogP contribution in [0.25, 0.3) is 0 Å². The molecule has 5 nitrogen and oxygen atoms in total. The number of likely N-dealkylation sites (N-methyl/N-ethyl adjacent to an activating group) is 1. The van der Waals surface area contributed by atoms with Crippen LogP contribution in [0.2, 0.25) is 0 Å². The first kappa shape index (κ1) is 19.6. The van der Waals surface area contributed by atoms with Crippen molar-refractivity contribution < 1.29 is 19.4 Å². The zero-order valence-electron chi connectivity index (χ0n) is 17.7. The van der Waals surface area contributed by atoms with Gasteiger partial charge in [-0.25, -0.2) is 0 Å². The Balaban J connectivity index is 1.62. The molecule has 30 heavy (non-hydrogen) atoms. The Bertz CT molecular complexity index is 975. The van der Waals surface area contributed by atoms with Gasteiger partial charge in [0.05, 0.1) is 12.7 Å². The van der Waals surface area contributed by atoms with E-state index in [1.807, 2.05) is 36.4 Å². The standard InChI is InChI=1S/C25H29NO4/c1-26-13-12-24-15-19(27)10-11-25(24,28)21(26)14-18-8-9-20(23(29-2)22(18)24)30-16-17-6-4-3-5-7-17/h3-9,21,28H,10-16H2,1-2H3/t21-,24-,25-/m1/s1. The van der Waals surface area contributed by atoms with Crippen LogP contribution in [0.5, 0.6) is 11.5 Å². The third-order valence-corrected chi connectivity index (χ3v) is 7.63. The Hall–Kier alpha value is -2.37. The van der Waals surface area contributed by atoms with Crippen molar-refractivity contribution in [2.24, 2.45) is 0 Å². The van der Waals surface area contributed by atoms with Gasteiger partial charge in [0.1, 0.15) is 12.4 Å². The molecule has 5 rings (SSSR count). The summed E-state index contributed by atoms with van der Waals surface area (Å²) in [6.45, 7) is 1.30. The van der Waals surface area contributed by atoms with E-state index in [9.17, 15) is 9.90 Å². The van der Waals surface area contributed by atoms with Crippen LogP contribution in [0, 0.1) is 0 Å². The second-order valence-electron chi connectivity index (χ2n) is 9.08. The molecular formula is C25H29NO4. The molecule has 0 amide bonds. The molecule has 2 bridgehead atoms. The van der Waals surface area contributed by atoms with Crippen molar-refractivity contribution in [3.8, 4) is 11.5 Å². The number of ether oxygens (including phenoxy) is 2. The molecule has 0 unspecified atom stereocenters. The Kier molecular flexibility index (Phi) is 4.64. The number of carbonyl (C=O) groups is 1. The van der Waals surface area contributed by atoms with E-state index in [1.165, 1.54) is 0 Å². The molecule has 1 N–H and O–H groups in total. The molecule has 2 fully saturated rings. The average Bonchev–Trinajstić information content (AvgIpc) is 2.75. The van der Waals surface area contributed by atoms with Crippen LogP contribution in [0.3, 0.4) is 0 Å². The molecule has 2 aromatic rings. The minimum absolute atomic E-state index is 0.0210. The number of hydrogen-bond acceptors (Lipinski definition) is 5. The molecular weight excluding hydrogens is 378 g/mol. The summed E-state index contributed by atoms with van der Waals surface area (Å²) in [6, 6.07) is 14.1. The normalized spacial score (nSPS) is 30.4. The van der Waals surface area contributed by atoms with E-state index in [0.717, 1.165) is 36.1 Å². The smallest absolute Gasteiger partial charge is 0.164 e. The fourth-order valence-electron chi connectivity index (χ4n) is 6.14. The van der Waals surface area contributed by atoms with E-state index >= 15 is 0 Å². The third-order valence-electron chi connectivity index (χ3n) is 7.63. The SMILES string of the molecule is COc1c(OCc2ccccc2)ccc2c1[C@]13CCN(C)[C@H](C2)[C@]1(O)CCC(=O)C3. The summed E-state index contributed by atoms with van der Waals surface area (Å²) in [7, 11) is 3.74. The highest BCUT2D eigenvalue weighted by Gasteiger charge is 2.65. The van der Waals surface area contributed by atoms with Crippen molar-refractivity contribution in [1.82, 2.24) is 4.90 Å². The van der Waals surface area contributed by atoms with Gasteiger partial charge in [0, 0.05) is 29.9 Å². The summed E-state index contributed by atoms with van der Waals surface area (Å²) in [5.74, 6) is 1.58. The first-order valence-corrected chi connectivity index (χ1v) is 10.8. The van der Waals surface area contributed by atoms with Gasteiger partial charge in [-0.1, -0.05) is 36.4 Å². The van der Waals surface area contributed by atoms with Crippen LogP contribution < -0.4 is 9.47 Å². The number of hydrogen-bond donors (Lipinski definition) is 1. The summed E-state index contributed by atoms with van der Waals surface area (Å²) in [6.07, 6.45) is 2.84. The van der Waals surface area contributed by atoms with Gasteiger partial charge in [0.2, 0.25) is 0 Å². The third kappa shape index (κ3) is 2.72. The van der Waals surface area contributed by atoms with Crippen LogP contribution >= 0.6 is 0 Å². The average molecular weight is 408 g/mol. The van der Waals surface area contributed by atoms with Crippen LogP contribution in [-0.2, 0) is 23.2 Å². The van der Waals surface area contributed by atoms with Crippen molar-refractivity contribution in [3.05, 3.63) is 59.2 Å². The van der Waals surface area contributed by atoms with Gasteiger partial charge in [-0.15, -0.1) is 0 Å². The minimum Gasteiger partial charge on any atom is -0.493 e. The number of piperidine rings is 1. The largest absolute Gasteiger partial charge is 0.493 e. The molecule has 0 spiro atoms. The quantitative estimate of drug-likeness (QED) is 0.843. The molecule has 0 radical (unpaired) electrons. The minimum atomic E-state index is -0.924. The van der Waals surface area contributed by atoms with Gasteiger partial charge in [-0.2, -0.15) is 0 Å². The van der Waals surface area contributed by atoms with E-state index in [2.05, 4.69) is 18.0 Å². The fraction of sp³-hybridized carbons (Fsp3) is 0.480. The summed E-state index contributed by atoms with van der Waals surface area (Å²) < 4.78 is 12.1. The summed E-state index contributed by atoms with van der Waals surface area (Å²) in [5, 5.41) is 12.0. The van der Waals surface area contributed by atoms with Crippen LogP contribution in [0.1, 0.15) is 42.4 Å². The topological polar surface area (TPSA) is 59.0 Å².